The summed E-state index contributed by atoms with van der Waals surface area (Å²) >= 11 is 3.93. The third-order valence-corrected chi connectivity index (χ3v) is 7.86. The van der Waals surface area contributed by atoms with Crippen LogP contribution in [0.2, 0.25) is 0 Å². The van der Waals surface area contributed by atoms with Gasteiger partial charge in [-0.2, -0.15) is 9.36 Å². The number of nitrogens with zero attached hydrogens (tertiary/aromatic N) is 3. The number of anilines is 2. The molecule has 0 saturated heterocycles. The molecule has 1 heterocycles. The fourth-order valence-electron chi connectivity index (χ4n) is 3.46. The van der Waals surface area contributed by atoms with Gasteiger partial charge < -0.3 is 10.6 Å². The summed E-state index contributed by atoms with van der Waals surface area (Å²) in [6.07, 6.45) is 1.26. The molecule has 0 fully saturated rings. The number of benzene rings is 3. The van der Waals surface area contributed by atoms with Crippen LogP contribution in [0.25, 0.3) is 6.08 Å². The van der Waals surface area contributed by atoms with Gasteiger partial charge >= 0.3 is 0 Å². The van der Waals surface area contributed by atoms with Crippen LogP contribution in [0.1, 0.15) is 22.8 Å². The van der Waals surface area contributed by atoms with Crippen LogP contribution in [0.4, 0.5) is 16.5 Å². The zero-order valence-electron chi connectivity index (χ0n) is 22.1. The lowest BCUT2D eigenvalue weighted by molar-refractivity contribution is -0.385. The summed E-state index contributed by atoms with van der Waals surface area (Å²) in [4.78, 5) is 54.4. The molecule has 0 aliphatic heterocycles. The van der Waals surface area contributed by atoms with Gasteiger partial charge in [0.05, 0.1) is 16.2 Å². The highest BCUT2D eigenvalue weighted by Crippen LogP contribution is 2.24. The Morgan fingerprint density at radius 3 is 2.38 bits per heavy atom. The predicted octanol–water partition coefficient (Wildman–Crippen LogP) is 5.70. The van der Waals surface area contributed by atoms with Crippen LogP contribution >= 0.6 is 35.1 Å². The number of nitro groups is 1. The number of carbonyl (C=O) groups is 3. The van der Waals surface area contributed by atoms with Crippen LogP contribution in [0.5, 0.6) is 0 Å². The van der Waals surface area contributed by atoms with Crippen LogP contribution in [0.15, 0.2) is 94.6 Å². The van der Waals surface area contributed by atoms with Gasteiger partial charge in [-0.1, -0.05) is 49.0 Å². The monoisotopic (exact) mass is 620 g/mol. The van der Waals surface area contributed by atoms with Crippen LogP contribution in [-0.4, -0.2) is 43.5 Å². The average molecular weight is 621 g/mol. The molecule has 0 unspecified atom stereocenters. The molecule has 3 aromatic carbocycles. The lowest BCUT2D eigenvalue weighted by Crippen LogP contribution is -2.30. The van der Waals surface area contributed by atoms with E-state index in [2.05, 4.69) is 25.3 Å². The topological polar surface area (TPSA) is 156 Å². The fraction of sp³-hybridized carbons (Fsp3) is 0.107. The van der Waals surface area contributed by atoms with E-state index in [1.54, 1.807) is 60.7 Å². The van der Waals surface area contributed by atoms with Crippen LogP contribution in [0, 0.1) is 10.1 Å². The predicted molar refractivity (Wildman–Crippen MR) is 166 cm³/mol. The van der Waals surface area contributed by atoms with Crippen molar-refractivity contribution in [2.45, 2.75) is 17.0 Å². The maximum absolute atomic E-state index is 13.2. The van der Waals surface area contributed by atoms with Gasteiger partial charge in [-0.15, -0.1) is 11.8 Å². The van der Waals surface area contributed by atoms with Gasteiger partial charge in [-0.25, -0.2) is 0 Å². The molecule has 0 saturated carbocycles. The van der Waals surface area contributed by atoms with Gasteiger partial charge in [0.15, 0.2) is 0 Å². The van der Waals surface area contributed by atoms with Gasteiger partial charge in [0, 0.05) is 33.7 Å². The molecule has 214 valence electrons. The summed E-state index contributed by atoms with van der Waals surface area (Å²) in [5, 5.41) is 20.6. The van der Waals surface area contributed by atoms with Crippen LogP contribution in [-0.2, 0) is 9.59 Å². The number of thioether (sulfide) groups is 2. The number of carbonyl (C=O) groups excluding carboxylic acids is 3. The molecule has 0 aliphatic rings. The van der Waals surface area contributed by atoms with Crippen molar-refractivity contribution >= 4 is 75.4 Å². The Hall–Kier alpha value is -4.53. The first-order valence-corrected chi connectivity index (χ1v) is 15.2. The lowest BCUT2D eigenvalue weighted by atomic mass is 10.1. The normalized spacial score (nSPS) is 11.0. The maximum Gasteiger partial charge on any atom is 0.276 e. The van der Waals surface area contributed by atoms with E-state index in [4.69, 9.17) is 0 Å². The van der Waals surface area contributed by atoms with Gasteiger partial charge in [-0.05, 0) is 54.3 Å². The number of aromatic nitrogens is 2. The van der Waals surface area contributed by atoms with Crippen molar-refractivity contribution in [1.82, 2.24) is 14.7 Å². The van der Waals surface area contributed by atoms with E-state index >= 15 is 0 Å². The molecule has 14 heteroatoms. The molecule has 4 aromatic rings. The number of hydrogen-bond donors (Lipinski definition) is 3. The molecule has 42 heavy (non-hydrogen) atoms. The van der Waals surface area contributed by atoms with Crippen molar-refractivity contribution in [3.8, 4) is 0 Å². The molecule has 11 nitrogen and oxygen atoms in total. The molecule has 0 atom stereocenters. The van der Waals surface area contributed by atoms with Crippen molar-refractivity contribution in [3.63, 3.8) is 0 Å². The van der Waals surface area contributed by atoms with Crippen molar-refractivity contribution in [2.24, 2.45) is 0 Å². The molecule has 0 radical (unpaired) electrons. The van der Waals surface area contributed by atoms with E-state index < -0.39 is 16.7 Å². The first-order chi connectivity index (χ1) is 20.3. The highest BCUT2D eigenvalue weighted by Gasteiger charge is 2.18. The third-order valence-electron chi connectivity index (χ3n) is 5.37. The van der Waals surface area contributed by atoms with Gasteiger partial charge in [0.2, 0.25) is 16.2 Å². The number of hydrogen-bond acceptors (Lipinski definition) is 10. The summed E-state index contributed by atoms with van der Waals surface area (Å²) in [7, 11) is 0. The summed E-state index contributed by atoms with van der Waals surface area (Å²) in [6.45, 7) is 2.00. The van der Waals surface area contributed by atoms with E-state index in [1.165, 1.54) is 47.8 Å². The Morgan fingerprint density at radius 1 is 0.952 bits per heavy atom. The second kappa shape index (κ2) is 14.9. The highest BCUT2D eigenvalue weighted by atomic mass is 32.2. The largest absolute Gasteiger partial charge is 0.321 e. The number of amides is 3. The Bertz CT molecular complexity index is 1610. The first kappa shape index (κ1) is 30.4. The molecule has 0 bridgehead atoms. The number of rotatable bonds is 12. The molecule has 0 spiro atoms. The van der Waals surface area contributed by atoms with Crippen LogP contribution < -0.4 is 16.0 Å². The Kier molecular flexibility index (Phi) is 10.8. The summed E-state index contributed by atoms with van der Waals surface area (Å²) in [6, 6.07) is 21.0. The second-order valence-corrected chi connectivity index (χ2v) is 11.4. The van der Waals surface area contributed by atoms with Crippen LogP contribution in [0.3, 0.4) is 0 Å². The quantitative estimate of drug-likeness (QED) is 0.0782. The average Bonchev–Trinajstić information content (AvgIpc) is 3.43. The van der Waals surface area contributed by atoms with E-state index in [-0.39, 0.29) is 28.6 Å². The fourth-order valence-corrected chi connectivity index (χ4v) is 5.44. The van der Waals surface area contributed by atoms with E-state index in [0.717, 1.165) is 22.2 Å². The van der Waals surface area contributed by atoms with E-state index in [0.29, 0.717) is 21.5 Å². The van der Waals surface area contributed by atoms with Crippen molar-refractivity contribution in [3.05, 3.63) is 106 Å². The molecule has 1 aromatic heterocycles. The molecule has 0 aliphatic carbocycles. The Balaban J connectivity index is 1.43. The number of nitrogens with one attached hydrogen (secondary N) is 3. The zero-order chi connectivity index (χ0) is 29.9. The Labute approximate surface area is 253 Å². The number of para-hydroxylation sites is 1. The summed E-state index contributed by atoms with van der Waals surface area (Å²) in [5.74, 6) is -0.452. The molecular formula is C28H24N6O5S3. The SMILES string of the molecule is CCSc1nsc(NC(=O)CSc2ccc(NC(=O)/C(=C/c3ccccc3[N+](=O)[O-])NC(=O)c3ccccc3)cc2)n1. The minimum atomic E-state index is -0.671. The summed E-state index contributed by atoms with van der Waals surface area (Å²) < 4.78 is 4.17. The van der Waals surface area contributed by atoms with Gasteiger partial charge in [0.1, 0.15) is 5.70 Å². The lowest BCUT2D eigenvalue weighted by Gasteiger charge is -2.12. The van der Waals surface area contributed by atoms with E-state index in [1.807, 2.05) is 6.92 Å². The third kappa shape index (κ3) is 8.73. The zero-order valence-corrected chi connectivity index (χ0v) is 24.6. The second-order valence-electron chi connectivity index (χ2n) is 8.32. The van der Waals surface area contributed by atoms with Crippen molar-refractivity contribution in [1.29, 1.82) is 0 Å². The molecule has 3 amide bonds. The standard InChI is InChI=1S/C28H24N6O5S3/c1-2-40-28-32-27(42-33-28)31-24(35)17-41-21-14-12-20(13-15-21)29-26(37)22(30-25(36)18-8-4-3-5-9-18)16-19-10-6-7-11-23(19)34(38)39/h3-16H,2,17H2,1H3,(H,29,37)(H,30,36)(H,31,32,33,35)/b22-16-. The molecule has 3 N–H and O–H groups in total. The highest BCUT2D eigenvalue weighted by molar-refractivity contribution is 8.00. The van der Waals surface area contributed by atoms with E-state index in [9.17, 15) is 24.5 Å². The van der Waals surface area contributed by atoms with Crippen molar-refractivity contribution in [2.75, 3.05) is 22.1 Å². The van der Waals surface area contributed by atoms with Gasteiger partial charge in [-0.3, -0.25) is 29.8 Å². The van der Waals surface area contributed by atoms with Crippen molar-refractivity contribution < 1.29 is 19.3 Å². The Morgan fingerprint density at radius 2 is 1.67 bits per heavy atom. The summed E-state index contributed by atoms with van der Waals surface area (Å²) in [5.41, 5.74) is 0.501. The molecule has 4 rings (SSSR count). The van der Waals surface area contributed by atoms with Gasteiger partial charge in [0.25, 0.3) is 17.5 Å². The first-order valence-electron chi connectivity index (χ1n) is 12.4. The molecular weight excluding hydrogens is 597 g/mol. The maximum atomic E-state index is 13.2. The number of nitro benzene ring substituents is 1. The minimum absolute atomic E-state index is 0.149. The minimum Gasteiger partial charge on any atom is -0.321 e. The smallest absolute Gasteiger partial charge is 0.276 e.